The van der Waals surface area contributed by atoms with E-state index >= 15 is 0 Å². The predicted octanol–water partition coefficient (Wildman–Crippen LogP) is 1.67. The Labute approximate surface area is 90.2 Å². The fraction of sp³-hybridized carbons (Fsp3) is 0. The Bertz CT molecular complexity index is 538. The number of nitrogens with one attached hydrogen (secondary N) is 1. The molecule has 2 amide bonds. The van der Waals surface area contributed by atoms with Gasteiger partial charge in [-0.25, -0.2) is 0 Å². The minimum Gasteiger partial charge on any atom is -0.289 e. The van der Waals surface area contributed by atoms with E-state index in [9.17, 15) is 9.59 Å². The quantitative estimate of drug-likeness (QED) is 0.350. The maximum absolute atomic E-state index is 11.3. The smallest absolute Gasteiger partial charge is 0.258 e. The van der Waals surface area contributed by atoms with Crippen molar-refractivity contribution in [2.45, 2.75) is 0 Å². The zero-order valence-corrected chi connectivity index (χ0v) is 8.04. The molecule has 0 saturated heterocycles. The summed E-state index contributed by atoms with van der Waals surface area (Å²) < 4.78 is 0. The van der Waals surface area contributed by atoms with Crippen molar-refractivity contribution in [2.24, 2.45) is 5.11 Å². The van der Waals surface area contributed by atoms with Crippen molar-refractivity contribution < 1.29 is 9.59 Å². The molecule has 0 fully saturated rings. The Morgan fingerprint density at radius 3 is 2.38 bits per heavy atom. The molecule has 1 aliphatic rings. The van der Waals surface area contributed by atoms with Crippen molar-refractivity contribution in [1.82, 2.24) is 5.32 Å². The van der Waals surface area contributed by atoms with Gasteiger partial charge in [0.25, 0.3) is 11.8 Å². The molecule has 6 heteroatoms. The molecule has 0 atom stereocenters. The van der Waals surface area contributed by atoms with Crippen LogP contribution >= 0.6 is 0 Å². The van der Waals surface area contributed by atoms with Gasteiger partial charge in [-0.2, -0.15) is 0 Å². The third-order valence-electron chi connectivity index (χ3n) is 2.10. The lowest BCUT2D eigenvalue weighted by Gasteiger charge is -1.99. The molecule has 0 bridgehead atoms. The first kappa shape index (κ1) is 9.95. The third kappa shape index (κ3) is 1.77. The molecule has 0 spiro atoms. The van der Waals surface area contributed by atoms with E-state index in [0.29, 0.717) is 16.8 Å². The normalized spacial score (nSPS) is 14.1. The van der Waals surface area contributed by atoms with Crippen LogP contribution in [0.25, 0.3) is 16.0 Å². The molecule has 0 radical (unpaired) electrons. The van der Waals surface area contributed by atoms with Crippen LogP contribution in [0.1, 0.15) is 5.56 Å². The molecule has 78 valence electrons. The van der Waals surface area contributed by atoms with Gasteiger partial charge in [-0.1, -0.05) is 29.4 Å². The van der Waals surface area contributed by atoms with E-state index < -0.39 is 11.8 Å². The zero-order valence-electron chi connectivity index (χ0n) is 8.04. The summed E-state index contributed by atoms with van der Waals surface area (Å²) in [6, 6.07) is 6.39. The minimum atomic E-state index is -0.417. The van der Waals surface area contributed by atoms with Gasteiger partial charge in [0.2, 0.25) is 0 Å². The van der Waals surface area contributed by atoms with E-state index in [2.05, 4.69) is 15.3 Å². The summed E-state index contributed by atoms with van der Waals surface area (Å²) in [5, 5.41) is 5.55. The van der Waals surface area contributed by atoms with Gasteiger partial charge >= 0.3 is 0 Å². The average molecular weight is 214 g/mol. The monoisotopic (exact) mass is 214 g/mol. The van der Waals surface area contributed by atoms with Crippen LogP contribution in [0.3, 0.4) is 0 Å². The van der Waals surface area contributed by atoms with Gasteiger partial charge in [0.1, 0.15) is 0 Å². The van der Waals surface area contributed by atoms with Gasteiger partial charge in [0.15, 0.2) is 0 Å². The summed E-state index contributed by atoms with van der Waals surface area (Å²) in [4.78, 5) is 24.9. The number of imide groups is 1. The number of carbonyl (C=O) groups excluding carboxylic acids is 2. The summed E-state index contributed by atoms with van der Waals surface area (Å²) in [7, 11) is 0. The summed E-state index contributed by atoms with van der Waals surface area (Å²) in [6.07, 6.45) is 1.24. The highest BCUT2D eigenvalue weighted by Gasteiger charge is 2.21. The van der Waals surface area contributed by atoms with E-state index in [0.717, 1.165) is 0 Å². The first-order chi connectivity index (χ1) is 7.70. The first-order valence-electron chi connectivity index (χ1n) is 4.43. The van der Waals surface area contributed by atoms with E-state index in [1.807, 2.05) is 0 Å². The second kappa shape index (κ2) is 3.88. The van der Waals surface area contributed by atoms with Crippen LogP contribution < -0.4 is 5.32 Å². The van der Waals surface area contributed by atoms with Gasteiger partial charge in [0, 0.05) is 16.7 Å². The molecular formula is C10H6N4O2. The Balaban J connectivity index is 2.35. The number of azide groups is 1. The van der Waals surface area contributed by atoms with Gasteiger partial charge in [0.05, 0.1) is 5.57 Å². The van der Waals surface area contributed by atoms with Gasteiger partial charge in [-0.3, -0.25) is 14.9 Å². The van der Waals surface area contributed by atoms with Crippen molar-refractivity contribution in [1.29, 1.82) is 0 Å². The zero-order chi connectivity index (χ0) is 11.5. The highest BCUT2D eigenvalue weighted by Crippen LogP contribution is 2.21. The van der Waals surface area contributed by atoms with Crippen LogP contribution in [-0.2, 0) is 9.59 Å². The van der Waals surface area contributed by atoms with E-state index in [1.165, 1.54) is 6.08 Å². The van der Waals surface area contributed by atoms with E-state index in [4.69, 9.17) is 5.53 Å². The summed E-state index contributed by atoms with van der Waals surface area (Å²) in [5.41, 5.74) is 9.60. The van der Waals surface area contributed by atoms with Crippen LogP contribution in [0.15, 0.2) is 35.5 Å². The topological polar surface area (TPSA) is 94.9 Å². The maximum atomic E-state index is 11.3. The highest BCUT2D eigenvalue weighted by atomic mass is 16.2. The van der Waals surface area contributed by atoms with Crippen molar-refractivity contribution in [2.75, 3.05) is 0 Å². The van der Waals surface area contributed by atoms with E-state index in [-0.39, 0.29) is 0 Å². The van der Waals surface area contributed by atoms with Crippen LogP contribution in [0.5, 0.6) is 0 Å². The lowest BCUT2D eigenvalue weighted by Crippen LogP contribution is -2.21. The minimum absolute atomic E-state index is 0.317. The first-order valence-corrected chi connectivity index (χ1v) is 4.43. The number of benzene rings is 1. The molecule has 1 aromatic rings. The lowest BCUT2D eigenvalue weighted by atomic mass is 10.1. The Morgan fingerprint density at radius 2 is 1.88 bits per heavy atom. The van der Waals surface area contributed by atoms with Crippen LogP contribution in [0.4, 0.5) is 5.69 Å². The molecule has 1 aromatic carbocycles. The Morgan fingerprint density at radius 1 is 1.19 bits per heavy atom. The summed E-state index contributed by atoms with van der Waals surface area (Å²) in [6.45, 7) is 0. The van der Waals surface area contributed by atoms with Crippen LogP contribution in [0.2, 0.25) is 0 Å². The molecule has 16 heavy (non-hydrogen) atoms. The fourth-order valence-corrected chi connectivity index (χ4v) is 1.39. The van der Waals surface area contributed by atoms with E-state index in [1.54, 1.807) is 24.3 Å². The molecule has 1 aliphatic heterocycles. The molecule has 0 unspecified atom stereocenters. The molecular weight excluding hydrogens is 208 g/mol. The maximum Gasteiger partial charge on any atom is 0.258 e. The van der Waals surface area contributed by atoms with Crippen molar-refractivity contribution in [3.63, 3.8) is 0 Å². The molecule has 1 heterocycles. The standard InChI is InChI=1S/C10H6N4O2/c11-14-13-7-3-1-6(2-4-7)8-5-9(15)12-10(8)16/h1-5H,(H,12,15,16). The highest BCUT2D eigenvalue weighted by molar-refractivity contribution is 6.33. The second-order valence-electron chi connectivity index (χ2n) is 3.11. The van der Waals surface area contributed by atoms with Crippen molar-refractivity contribution >= 4 is 23.1 Å². The van der Waals surface area contributed by atoms with Gasteiger partial charge < -0.3 is 0 Å². The molecule has 0 saturated carbocycles. The predicted molar refractivity (Wildman–Crippen MR) is 56.4 cm³/mol. The number of nitrogens with zero attached hydrogens (tertiary/aromatic N) is 3. The van der Waals surface area contributed by atoms with Crippen molar-refractivity contribution in [3.05, 3.63) is 46.3 Å². The fourth-order valence-electron chi connectivity index (χ4n) is 1.39. The number of hydrogen-bond acceptors (Lipinski definition) is 3. The average Bonchev–Trinajstić information content (AvgIpc) is 2.59. The van der Waals surface area contributed by atoms with Crippen LogP contribution in [-0.4, -0.2) is 11.8 Å². The molecule has 1 N–H and O–H groups in total. The van der Waals surface area contributed by atoms with Crippen LogP contribution in [0, 0.1) is 0 Å². The summed E-state index contributed by atoms with van der Waals surface area (Å²) in [5.74, 6) is -0.833. The molecule has 6 nitrogen and oxygen atoms in total. The molecule has 0 aromatic heterocycles. The summed E-state index contributed by atoms with van der Waals surface area (Å²) >= 11 is 0. The largest absolute Gasteiger partial charge is 0.289 e. The molecule has 2 rings (SSSR count). The third-order valence-corrected chi connectivity index (χ3v) is 2.10. The van der Waals surface area contributed by atoms with Crippen molar-refractivity contribution in [3.8, 4) is 0 Å². The molecule has 0 aliphatic carbocycles. The number of amides is 2. The SMILES string of the molecule is [N-]=[N+]=Nc1ccc(C2=CC(=O)NC2=O)cc1. The Hall–Kier alpha value is -2.59. The lowest BCUT2D eigenvalue weighted by molar-refractivity contribution is -0.123. The Kier molecular flexibility index (Phi) is 2.41. The number of carbonyl (C=O) groups is 2. The number of hydrogen-bond donors (Lipinski definition) is 1. The van der Waals surface area contributed by atoms with Gasteiger partial charge in [-0.15, -0.1) is 0 Å². The van der Waals surface area contributed by atoms with Gasteiger partial charge in [-0.05, 0) is 11.1 Å². The second-order valence-corrected chi connectivity index (χ2v) is 3.11. The number of rotatable bonds is 2.